The van der Waals surface area contributed by atoms with Crippen LogP contribution in [0.2, 0.25) is 0 Å². The minimum atomic E-state index is -3.67. The van der Waals surface area contributed by atoms with Crippen LogP contribution in [0, 0.1) is 0 Å². The Morgan fingerprint density at radius 3 is 2.22 bits per heavy atom. The van der Waals surface area contributed by atoms with E-state index in [2.05, 4.69) is 25.3 Å². The fraction of sp³-hybridized carbons (Fsp3) is 0.214. The molecule has 3 aromatic carbocycles. The molecule has 0 atom stereocenters. The number of aryl methyl sites for hydroxylation is 1. The summed E-state index contributed by atoms with van der Waals surface area (Å²) in [5, 5.41) is 6.47. The van der Waals surface area contributed by atoms with Crippen molar-refractivity contribution in [2.24, 2.45) is 0 Å². The Bertz CT molecular complexity index is 1450. The van der Waals surface area contributed by atoms with Crippen LogP contribution in [-0.2, 0) is 16.4 Å². The van der Waals surface area contributed by atoms with Crippen molar-refractivity contribution < 1.29 is 13.2 Å². The lowest BCUT2D eigenvalue weighted by atomic mass is 10.1. The van der Waals surface area contributed by atoms with Crippen LogP contribution < -0.4 is 20.1 Å². The molecule has 37 heavy (non-hydrogen) atoms. The maximum atomic E-state index is 12.8. The van der Waals surface area contributed by atoms with Crippen LogP contribution in [0.4, 0.5) is 23.1 Å². The molecule has 0 aliphatic heterocycles. The molecular formula is C28H31N5O3S. The number of nitrogens with zero attached hydrogens (tertiary/aromatic N) is 2. The van der Waals surface area contributed by atoms with Crippen molar-refractivity contribution in [3.8, 4) is 11.5 Å². The van der Waals surface area contributed by atoms with E-state index in [4.69, 9.17) is 4.74 Å². The molecule has 4 aromatic rings. The number of hydrogen-bond donors (Lipinski definition) is 3. The first-order valence-corrected chi connectivity index (χ1v) is 13.5. The molecule has 0 spiro atoms. The van der Waals surface area contributed by atoms with Gasteiger partial charge in [0.15, 0.2) is 0 Å². The summed E-state index contributed by atoms with van der Waals surface area (Å²) in [6, 6.07) is 23.8. The fourth-order valence-corrected chi connectivity index (χ4v) is 5.00. The molecule has 0 bridgehead atoms. The third-order valence-corrected chi connectivity index (χ3v) is 6.94. The van der Waals surface area contributed by atoms with E-state index in [1.807, 2.05) is 61.5 Å². The summed E-state index contributed by atoms with van der Waals surface area (Å²) < 4.78 is 34.1. The standard InChI is InChI=1S/C28H31N5O3S/c1-5-20-19-29-27(31-21-14-16-24(17-15-21)36-23-11-7-6-8-12-23)32-26(20)30-22-10-9-13-25(18-22)37(34,35)33-28(2,3)4/h6-19,33H,5H2,1-4H3,(H2,29,30,31,32). The Morgan fingerprint density at radius 1 is 0.838 bits per heavy atom. The minimum absolute atomic E-state index is 0.177. The smallest absolute Gasteiger partial charge is 0.241 e. The number of sulfonamides is 1. The molecule has 0 radical (unpaired) electrons. The molecule has 0 saturated carbocycles. The van der Waals surface area contributed by atoms with E-state index in [9.17, 15) is 8.42 Å². The lowest BCUT2D eigenvalue weighted by Crippen LogP contribution is -2.40. The first-order valence-electron chi connectivity index (χ1n) is 12.0. The molecule has 0 aliphatic carbocycles. The normalized spacial score (nSPS) is 11.7. The first kappa shape index (κ1) is 26.1. The zero-order valence-corrected chi connectivity index (χ0v) is 22.1. The second kappa shape index (κ2) is 11.0. The van der Waals surface area contributed by atoms with E-state index in [1.54, 1.807) is 51.2 Å². The summed E-state index contributed by atoms with van der Waals surface area (Å²) in [5.41, 5.74) is 1.73. The minimum Gasteiger partial charge on any atom is -0.457 e. The Kier molecular flexibility index (Phi) is 7.75. The van der Waals surface area contributed by atoms with Gasteiger partial charge in [-0.2, -0.15) is 4.98 Å². The van der Waals surface area contributed by atoms with E-state index in [0.717, 1.165) is 22.7 Å². The van der Waals surface area contributed by atoms with Crippen molar-refractivity contribution in [3.63, 3.8) is 0 Å². The molecule has 4 rings (SSSR count). The summed E-state index contributed by atoms with van der Waals surface area (Å²) in [4.78, 5) is 9.26. The van der Waals surface area contributed by atoms with Gasteiger partial charge in [-0.25, -0.2) is 18.1 Å². The fourth-order valence-electron chi connectivity index (χ4n) is 3.53. The summed E-state index contributed by atoms with van der Waals surface area (Å²) in [7, 11) is -3.67. The van der Waals surface area contributed by atoms with Crippen molar-refractivity contribution >= 4 is 33.2 Å². The van der Waals surface area contributed by atoms with Crippen molar-refractivity contribution in [2.45, 2.75) is 44.6 Å². The van der Waals surface area contributed by atoms with Crippen LogP contribution >= 0.6 is 0 Å². The van der Waals surface area contributed by atoms with E-state index in [0.29, 0.717) is 23.9 Å². The van der Waals surface area contributed by atoms with Gasteiger partial charge in [-0.15, -0.1) is 0 Å². The number of aromatic nitrogens is 2. The zero-order chi connectivity index (χ0) is 26.5. The number of rotatable bonds is 9. The number of hydrogen-bond acceptors (Lipinski definition) is 7. The quantitative estimate of drug-likeness (QED) is 0.236. The van der Waals surface area contributed by atoms with Crippen LogP contribution in [0.3, 0.4) is 0 Å². The van der Waals surface area contributed by atoms with Crippen molar-refractivity contribution in [3.05, 3.63) is 90.6 Å². The van der Waals surface area contributed by atoms with Gasteiger partial charge in [0.25, 0.3) is 0 Å². The van der Waals surface area contributed by atoms with E-state index in [-0.39, 0.29) is 4.90 Å². The van der Waals surface area contributed by atoms with Crippen LogP contribution in [0.25, 0.3) is 0 Å². The molecule has 0 aliphatic rings. The second-order valence-electron chi connectivity index (χ2n) is 9.49. The van der Waals surface area contributed by atoms with Gasteiger partial charge in [0, 0.05) is 28.7 Å². The van der Waals surface area contributed by atoms with Crippen molar-refractivity contribution in [1.82, 2.24) is 14.7 Å². The molecule has 0 amide bonds. The lowest BCUT2D eigenvalue weighted by molar-refractivity contribution is 0.483. The SMILES string of the molecule is CCc1cnc(Nc2ccc(Oc3ccccc3)cc2)nc1Nc1cccc(S(=O)(=O)NC(C)(C)C)c1. The third kappa shape index (κ3) is 7.28. The predicted molar refractivity (Wildman–Crippen MR) is 147 cm³/mol. The highest BCUT2D eigenvalue weighted by molar-refractivity contribution is 7.89. The third-order valence-electron chi connectivity index (χ3n) is 5.18. The number of nitrogens with one attached hydrogen (secondary N) is 3. The van der Waals surface area contributed by atoms with Crippen molar-refractivity contribution in [2.75, 3.05) is 10.6 Å². The predicted octanol–water partition coefficient (Wildman–Crippen LogP) is 6.40. The first-order chi connectivity index (χ1) is 17.6. The average molecular weight is 518 g/mol. The summed E-state index contributed by atoms with van der Waals surface area (Å²) >= 11 is 0. The molecule has 0 saturated heterocycles. The molecule has 0 unspecified atom stereocenters. The monoisotopic (exact) mass is 517 g/mol. The average Bonchev–Trinajstić information content (AvgIpc) is 2.85. The topological polar surface area (TPSA) is 105 Å². The number of para-hydroxylation sites is 1. The molecule has 192 valence electrons. The summed E-state index contributed by atoms with van der Waals surface area (Å²) in [6.45, 7) is 7.43. The van der Waals surface area contributed by atoms with Gasteiger partial charge in [0.2, 0.25) is 16.0 Å². The summed E-state index contributed by atoms with van der Waals surface area (Å²) in [5.74, 6) is 2.50. The number of ether oxygens (including phenoxy) is 1. The van der Waals surface area contributed by atoms with E-state index < -0.39 is 15.6 Å². The van der Waals surface area contributed by atoms with Crippen LogP contribution in [0.15, 0.2) is 90.0 Å². The maximum absolute atomic E-state index is 12.8. The maximum Gasteiger partial charge on any atom is 0.241 e. The van der Waals surface area contributed by atoms with Crippen molar-refractivity contribution in [1.29, 1.82) is 0 Å². The Morgan fingerprint density at radius 2 is 1.54 bits per heavy atom. The molecule has 3 N–H and O–H groups in total. The van der Waals surface area contributed by atoms with E-state index in [1.165, 1.54) is 0 Å². The van der Waals surface area contributed by atoms with Gasteiger partial charge in [-0.3, -0.25) is 0 Å². The molecule has 1 aromatic heterocycles. The van der Waals surface area contributed by atoms with Gasteiger partial charge >= 0.3 is 0 Å². The van der Waals surface area contributed by atoms with Gasteiger partial charge in [-0.1, -0.05) is 31.2 Å². The second-order valence-corrected chi connectivity index (χ2v) is 11.2. The highest BCUT2D eigenvalue weighted by Crippen LogP contribution is 2.26. The molecule has 9 heteroatoms. The molecule has 1 heterocycles. The van der Waals surface area contributed by atoms with Gasteiger partial charge < -0.3 is 15.4 Å². The van der Waals surface area contributed by atoms with Gasteiger partial charge in [-0.05, 0) is 81.8 Å². The van der Waals surface area contributed by atoms with Crippen LogP contribution in [0.1, 0.15) is 33.3 Å². The lowest BCUT2D eigenvalue weighted by Gasteiger charge is -2.20. The van der Waals surface area contributed by atoms with E-state index >= 15 is 0 Å². The zero-order valence-electron chi connectivity index (χ0n) is 21.3. The number of anilines is 4. The molecule has 8 nitrogen and oxygen atoms in total. The number of benzene rings is 3. The Balaban J connectivity index is 1.51. The highest BCUT2D eigenvalue weighted by atomic mass is 32.2. The van der Waals surface area contributed by atoms with Crippen LogP contribution in [0.5, 0.6) is 11.5 Å². The highest BCUT2D eigenvalue weighted by Gasteiger charge is 2.22. The Hall–Kier alpha value is -3.95. The van der Waals surface area contributed by atoms with Gasteiger partial charge in [0.1, 0.15) is 17.3 Å². The summed E-state index contributed by atoms with van der Waals surface area (Å²) in [6.07, 6.45) is 2.46. The Labute approximate surface area is 218 Å². The molecular weight excluding hydrogens is 486 g/mol. The molecule has 0 fully saturated rings. The van der Waals surface area contributed by atoms with Gasteiger partial charge in [0.05, 0.1) is 4.90 Å². The largest absolute Gasteiger partial charge is 0.457 e. The van der Waals surface area contributed by atoms with Crippen LogP contribution in [-0.4, -0.2) is 23.9 Å².